The van der Waals surface area contributed by atoms with Crippen molar-refractivity contribution >= 4 is 0 Å². The molecule has 1 aromatic heterocycles. The Labute approximate surface area is 130 Å². The normalized spacial score (nSPS) is 18.5. The second-order valence-corrected chi connectivity index (χ2v) is 5.98. The van der Waals surface area contributed by atoms with Gasteiger partial charge in [0.25, 0.3) is 0 Å². The van der Waals surface area contributed by atoms with Crippen molar-refractivity contribution in [3.63, 3.8) is 0 Å². The van der Waals surface area contributed by atoms with E-state index in [4.69, 9.17) is 4.52 Å². The average molecular weight is 303 g/mol. The molecule has 2 heterocycles. The first-order valence-electron chi connectivity index (χ1n) is 7.76. The van der Waals surface area contributed by atoms with E-state index in [-0.39, 0.29) is 11.9 Å². The quantitative estimate of drug-likeness (QED) is 0.869. The third kappa shape index (κ3) is 3.54. The second-order valence-electron chi connectivity index (χ2n) is 5.98. The van der Waals surface area contributed by atoms with E-state index in [1.807, 2.05) is 19.1 Å². The topological polar surface area (TPSA) is 32.5 Å². The molecule has 0 aliphatic carbocycles. The maximum Gasteiger partial charge on any atom is 0.150 e. The molecule has 5 heteroatoms. The standard InChI is InChI=1S/C17H22FN3O/c1-13-10-17(22-19-13)12-20-6-8-21(9-7-20)14(2)15-4-3-5-16(18)11-15/h3-5,10-11,14H,6-9,12H2,1-2H3/t14-/m0/s1. The lowest BCUT2D eigenvalue weighted by Crippen LogP contribution is -2.46. The van der Waals surface area contributed by atoms with Crippen molar-refractivity contribution in [3.05, 3.63) is 53.2 Å². The molecule has 3 rings (SSSR count). The van der Waals surface area contributed by atoms with E-state index in [0.717, 1.165) is 49.7 Å². The molecule has 0 bridgehead atoms. The van der Waals surface area contributed by atoms with Gasteiger partial charge < -0.3 is 4.52 Å². The zero-order valence-corrected chi connectivity index (χ0v) is 13.1. The fourth-order valence-electron chi connectivity index (χ4n) is 3.00. The predicted molar refractivity (Wildman–Crippen MR) is 82.9 cm³/mol. The van der Waals surface area contributed by atoms with Gasteiger partial charge in [0.1, 0.15) is 5.82 Å². The number of hydrogen-bond donors (Lipinski definition) is 0. The minimum absolute atomic E-state index is 0.163. The van der Waals surface area contributed by atoms with Crippen molar-refractivity contribution in [1.29, 1.82) is 0 Å². The van der Waals surface area contributed by atoms with E-state index < -0.39 is 0 Å². The van der Waals surface area contributed by atoms with Crippen LogP contribution < -0.4 is 0 Å². The first-order valence-corrected chi connectivity index (χ1v) is 7.76. The third-order valence-electron chi connectivity index (χ3n) is 4.34. The Bertz CT molecular complexity index is 620. The van der Waals surface area contributed by atoms with Gasteiger partial charge in [-0.05, 0) is 31.5 Å². The van der Waals surface area contributed by atoms with Gasteiger partial charge in [-0.2, -0.15) is 0 Å². The Kier molecular flexibility index (Phi) is 4.55. The molecule has 0 radical (unpaired) electrons. The summed E-state index contributed by atoms with van der Waals surface area (Å²) in [7, 11) is 0. The van der Waals surface area contributed by atoms with Crippen LogP contribution in [0.2, 0.25) is 0 Å². The molecular weight excluding hydrogens is 281 g/mol. The SMILES string of the molecule is Cc1cc(CN2CCN([C@@H](C)c3cccc(F)c3)CC2)on1. The number of aryl methyl sites for hydroxylation is 1. The van der Waals surface area contributed by atoms with Gasteiger partial charge in [-0.15, -0.1) is 0 Å². The molecule has 1 fully saturated rings. The number of nitrogens with zero attached hydrogens (tertiary/aromatic N) is 3. The third-order valence-corrected chi connectivity index (χ3v) is 4.34. The van der Waals surface area contributed by atoms with Crippen LogP contribution in [0.3, 0.4) is 0 Å². The lowest BCUT2D eigenvalue weighted by atomic mass is 10.1. The Morgan fingerprint density at radius 3 is 2.64 bits per heavy atom. The number of aromatic nitrogens is 1. The maximum absolute atomic E-state index is 13.4. The Hall–Kier alpha value is -1.72. The largest absolute Gasteiger partial charge is 0.360 e. The molecule has 22 heavy (non-hydrogen) atoms. The maximum atomic E-state index is 13.4. The average Bonchev–Trinajstić information content (AvgIpc) is 2.92. The number of halogens is 1. The summed E-state index contributed by atoms with van der Waals surface area (Å²) in [5.41, 5.74) is 1.97. The summed E-state index contributed by atoms with van der Waals surface area (Å²) >= 11 is 0. The summed E-state index contributed by atoms with van der Waals surface area (Å²) in [6.45, 7) is 8.81. The lowest BCUT2D eigenvalue weighted by Gasteiger charge is -2.37. The zero-order valence-electron chi connectivity index (χ0n) is 13.1. The van der Waals surface area contributed by atoms with Crippen LogP contribution in [-0.4, -0.2) is 41.1 Å². The highest BCUT2D eigenvalue weighted by Crippen LogP contribution is 2.22. The van der Waals surface area contributed by atoms with Crippen LogP contribution in [0.1, 0.15) is 30.0 Å². The van der Waals surface area contributed by atoms with Gasteiger partial charge in [0.15, 0.2) is 5.76 Å². The number of rotatable bonds is 4. The van der Waals surface area contributed by atoms with Crippen LogP contribution in [0.15, 0.2) is 34.9 Å². The van der Waals surface area contributed by atoms with Gasteiger partial charge in [0, 0.05) is 38.3 Å². The van der Waals surface area contributed by atoms with Crippen LogP contribution in [0, 0.1) is 12.7 Å². The summed E-state index contributed by atoms with van der Waals surface area (Å²) in [5, 5.41) is 3.93. The molecule has 1 aromatic carbocycles. The number of piperazine rings is 1. The fourth-order valence-corrected chi connectivity index (χ4v) is 3.00. The second kappa shape index (κ2) is 6.58. The van der Waals surface area contributed by atoms with Crippen LogP contribution in [0.25, 0.3) is 0 Å². The van der Waals surface area contributed by atoms with Gasteiger partial charge in [-0.3, -0.25) is 9.80 Å². The first kappa shape index (κ1) is 15.2. The summed E-state index contributed by atoms with van der Waals surface area (Å²) in [6, 6.07) is 9.13. The van der Waals surface area contributed by atoms with E-state index in [9.17, 15) is 4.39 Å². The monoisotopic (exact) mass is 303 g/mol. The molecule has 0 spiro atoms. The zero-order chi connectivity index (χ0) is 15.5. The summed E-state index contributed by atoms with van der Waals surface area (Å²) in [6.07, 6.45) is 0. The van der Waals surface area contributed by atoms with Gasteiger partial charge in [-0.25, -0.2) is 4.39 Å². The highest BCUT2D eigenvalue weighted by molar-refractivity contribution is 5.19. The molecule has 1 aliphatic rings. The summed E-state index contributed by atoms with van der Waals surface area (Å²) < 4.78 is 18.6. The van der Waals surface area contributed by atoms with E-state index in [0.29, 0.717) is 0 Å². The van der Waals surface area contributed by atoms with Crippen LogP contribution in [-0.2, 0) is 6.54 Å². The summed E-state index contributed by atoms with van der Waals surface area (Å²) in [4.78, 5) is 4.77. The minimum atomic E-state index is -0.163. The van der Waals surface area contributed by atoms with E-state index >= 15 is 0 Å². The van der Waals surface area contributed by atoms with Crippen LogP contribution in [0.4, 0.5) is 4.39 Å². The van der Waals surface area contributed by atoms with Crippen molar-refractivity contribution < 1.29 is 8.91 Å². The van der Waals surface area contributed by atoms with Crippen molar-refractivity contribution in [2.75, 3.05) is 26.2 Å². The molecule has 0 unspecified atom stereocenters. The fraction of sp³-hybridized carbons (Fsp3) is 0.471. The molecule has 1 atom stereocenters. The molecule has 4 nitrogen and oxygen atoms in total. The predicted octanol–water partition coefficient (Wildman–Crippen LogP) is 3.00. The Morgan fingerprint density at radius 2 is 2.00 bits per heavy atom. The number of benzene rings is 1. The highest BCUT2D eigenvalue weighted by Gasteiger charge is 2.23. The molecule has 0 amide bonds. The molecule has 0 saturated carbocycles. The van der Waals surface area contributed by atoms with Gasteiger partial charge in [0.2, 0.25) is 0 Å². The van der Waals surface area contributed by atoms with Crippen molar-refractivity contribution in [2.24, 2.45) is 0 Å². The van der Waals surface area contributed by atoms with E-state index in [1.54, 1.807) is 12.1 Å². The van der Waals surface area contributed by atoms with Gasteiger partial charge in [-0.1, -0.05) is 17.3 Å². The minimum Gasteiger partial charge on any atom is -0.360 e. The van der Waals surface area contributed by atoms with Crippen molar-refractivity contribution in [1.82, 2.24) is 15.0 Å². The number of hydrogen-bond acceptors (Lipinski definition) is 4. The van der Waals surface area contributed by atoms with Crippen LogP contribution >= 0.6 is 0 Å². The molecule has 1 aliphatic heterocycles. The lowest BCUT2D eigenvalue weighted by molar-refractivity contribution is 0.0916. The van der Waals surface area contributed by atoms with Gasteiger partial charge >= 0.3 is 0 Å². The molecule has 118 valence electrons. The van der Waals surface area contributed by atoms with E-state index in [2.05, 4.69) is 21.9 Å². The summed E-state index contributed by atoms with van der Waals surface area (Å²) in [5.74, 6) is 0.757. The highest BCUT2D eigenvalue weighted by atomic mass is 19.1. The first-order chi connectivity index (χ1) is 10.6. The van der Waals surface area contributed by atoms with Crippen molar-refractivity contribution in [2.45, 2.75) is 26.4 Å². The smallest absolute Gasteiger partial charge is 0.150 e. The molecule has 2 aromatic rings. The Balaban J connectivity index is 1.55. The van der Waals surface area contributed by atoms with Crippen LogP contribution in [0.5, 0.6) is 0 Å². The molecular formula is C17H22FN3O. The van der Waals surface area contributed by atoms with Gasteiger partial charge in [0.05, 0.1) is 12.2 Å². The molecule has 1 saturated heterocycles. The van der Waals surface area contributed by atoms with E-state index in [1.165, 1.54) is 6.07 Å². The Morgan fingerprint density at radius 1 is 1.23 bits per heavy atom. The molecule has 0 N–H and O–H groups in total. The van der Waals surface area contributed by atoms with Crippen molar-refractivity contribution in [3.8, 4) is 0 Å².